The van der Waals surface area contributed by atoms with Crippen molar-refractivity contribution in [3.8, 4) is 11.8 Å². The lowest BCUT2D eigenvalue weighted by molar-refractivity contribution is -0.159. The van der Waals surface area contributed by atoms with Crippen molar-refractivity contribution in [2.24, 2.45) is 5.92 Å². The van der Waals surface area contributed by atoms with Crippen LogP contribution in [0, 0.1) is 17.8 Å². The van der Waals surface area contributed by atoms with Crippen LogP contribution in [0.5, 0.6) is 0 Å². The first-order chi connectivity index (χ1) is 16.4. The quantitative estimate of drug-likeness (QED) is 0.348. The summed E-state index contributed by atoms with van der Waals surface area (Å²) in [6.45, 7) is 2.06. The lowest BCUT2D eigenvalue weighted by Gasteiger charge is -2.33. The molecule has 1 fully saturated rings. The van der Waals surface area contributed by atoms with Crippen LogP contribution in [0.3, 0.4) is 0 Å². The number of aliphatic hydroxyl groups is 2. The van der Waals surface area contributed by atoms with Gasteiger partial charge in [0.1, 0.15) is 5.60 Å². The van der Waals surface area contributed by atoms with Crippen LogP contribution in [0.1, 0.15) is 43.2 Å². The molecule has 0 aromatic heterocycles. The average Bonchev–Trinajstić information content (AvgIpc) is 3.39. The molecule has 1 saturated carbocycles. The van der Waals surface area contributed by atoms with Gasteiger partial charge in [0.15, 0.2) is 0 Å². The Morgan fingerprint density at radius 2 is 1.47 bits per heavy atom. The molecule has 7 nitrogen and oxygen atoms in total. The molecule has 0 saturated heterocycles. The second-order valence-corrected chi connectivity index (χ2v) is 8.33. The van der Waals surface area contributed by atoms with Gasteiger partial charge in [-0.2, -0.15) is 0 Å². The van der Waals surface area contributed by atoms with Gasteiger partial charge in [-0.05, 0) is 29.9 Å². The van der Waals surface area contributed by atoms with Gasteiger partial charge in [0.05, 0.1) is 13.2 Å². The SMILES string of the molecule is O=C(O)C(=O)O.OCCN(CC#CCC(O)(c1ccccc1)C1CCCC1)Cc1ccccc1. The van der Waals surface area contributed by atoms with E-state index in [2.05, 4.69) is 28.9 Å². The molecular weight excluding hydrogens is 434 g/mol. The summed E-state index contributed by atoms with van der Waals surface area (Å²) in [6, 6.07) is 20.3. The average molecular weight is 468 g/mol. The van der Waals surface area contributed by atoms with Gasteiger partial charge in [0.2, 0.25) is 0 Å². The van der Waals surface area contributed by atoms with Crippen molar-refractivity contribution in [3.05, 3.63) is 71.8 Å². The Balaban J connectivity index is 0.000000604. The third-order valence-electron chi connectivity index (χ3n) is 5.94. The summed E-state index contributed by atoms with van der Waals surface area (Å²) in [4.78, 5) is 20.3. The first-order valence-corrected chi connectivity index (χ1v) is 11.4. The number of nitrogens with zero attached hydrogens (tertiary/aromatic N) is 1. The number of hydrogen-bond acceptors (Lipinski definition) is 5. The number of benzene rings is 2. The summed E-state index contributed by atoms with van der Waals surface area (Å²) in [7, 11) is 0. The summed E-state index contributed by atoms with van der Waals surface area (Å²) in [5, 5.41) is 35.7. The summed E-state index contributed by atoms with van der Waals surface area (Å²) >= 11 is 0. The van der Waals surface area contributed by atoms with E-state index in [9.17, 15) is 10.2 Å². The third kappa shape index (κ3) is 8.64. The van der Waals surface area contributed by atoms with Crippen LogP contribution in [0.25, 0.3) is 0 Å². The number of carbonyl (C=O) groups is 2. The summed E-state index contributed by atoms with van der Waals surface area (Å²) < 4.78 is 0. The molecule has 1 aliphatic carbocycles. The van der Waals surface area contributed by atoms with Gasteiger partial charge in [-0.1, -0.05) is 85.3 Å². The van der Waals surface area contributed by atoms with Crippen molar-refractivity contribution in [2.75, 3.05) is 19.7 Å². The summed E-state index contributed by atoms with van der Waals surface area (Å²) in [5.74, 6) is 3.13. The van der Waals surface area contributed by atoms with Crippen molar-refractivity contribution >= 4 is 11.9 Å². The molecule has 0 amide bonds. The number of carboxylic acids is 2. The minimum atomic E-state index is -1.82. The molecular formula is C27H33NO6. The van der Waals surface area contributed by atoms with E-state index in [4.69, 9.17) is 19.8 Å². The van der Waals surface area contributed by atoms with Gasteiger partial charge in [-0.3, -0.25) is 4.90 Å². The Morgan fingerprint density at radius 1 is 0.912 bits per heavy atom. The fraction of sp³-hybridized carbons (Fsp3) is 0.407. The first kappa shape index (κ1) is 27.1. The highest BCUT2D eigenvalue weighted by Crippen LogP contribution is 2.42. The Labute approximate surface area is 200 Å². The van der Waals surface area contributed by atoms with Gasteiger partial charge >= 0.3 is 11.9 Å². The maximum absolute atomic E-state index is 11.5. The molecule has 1 unspecified atom stereocenters. The Bertz CT molecular complexity index is 935. The van der Waals surface area contributed by atoms with Crippen LogP contribution in [0.15, 0.2) is 60.7 Å². The van der Waals surface area contributed by atoms with Gasteiger partial charge in [0.25, 0.3) is 0 Å². The molecule has 2 aromatic carbocycles. The Hall–Kier alpha value is -3.18. The van der Waals surface area contributed by atoms with E-state index in [0.717, 1.165) is 24.9 Å². The lowest BCUT2D eigenvalue weighted by atomic mass is 9.78. The highest BCUT2D eigenvalue weighted by Gasteiger charge is 2.39. The molecule has 2 aromatic rings. The molecule has 1 aliphatic rings. The largest absolute Gasteiger partial charge is 0.473 e. The number of hydrogen-bond donors (Lipinski definition) is 4. The zero-order valence-electron chi connectivity index (χ0n) is 19.3. The van der Waals surface area contributed by atoms with E-state index >= 15 is 0 Å². The van der Waals surface area contributed by atoms with E-state index in [1.165, 1.54) is 18.4 Å². The normalized spacial score (nSPS) is 14.9. The Morgan fingerprint density at radius 3 is 2.00 bits per heavy atom. The van der Waals surface area contributed by atoms with Crippen molar-refractivity contribution < 1.29 is 30.0 Å². The van der Waals surface area contributed by atoms with E-state index < -0.39 is 17.5 Å². The fourth-order valence-corrected chi connectivity index (χ4v) is 4.17. The molecule has 7 heteroatoms. The van der Waals surface area contributed by atoms with Crippen molar-refractivity contribution in [1.29, 1.82) is 0 Å². The van der Waals surface area contributed by atoms with Crippen LogP contribution in [-0.2, 0) is 21.7 Å². The number of aliphatic carboxylic acids is 2. The molecule has 1 atom stereocenters. The highest BCUT2D eigenvalue weighted by molar-refractivity contribution is 6.27. The van der Waals surface area contributed by atoms with Crippen LogP contribution in [0.2, 0.25) is 0 Å². The summed E-state index contributed by atoms with van der Waals surface area (Å²) in [6.07, 6.45) is 4.97. The third-order valence-corrected chi connectivity index (χ3v) is 5.94. The number of rotatable bonds is 8. The standard InChI is InChI=1S/C25H31NO2.C2H2O4/c27-20-19-26(21-22-11-3-1-4-12-22)18-10-9-17-25(28,24-15-7-8-16-24)23-13-5-2-6-14-23;3-1(4)2(5)6/h1-6,11-14,24,27-28H,7-8,15-21H2;(H,3,4)(H,5,6). The van der Waals surface area contributed by atoms with E-state index in [0.29, 0.717) is 19.5 Å². The Kier molecular flexibility index (Phi) is 11.3. The molecule has 4 N–H and O–H groups in total. The maximum atomic E-state index is 11.5. The minimum absolute atomic E-state index is 0.116. The zero-order chi connectivity index (χ0) is 24.8. The molecule has 182 valence electrons. The predicted molar refractivity (Wildman–Crippen MR) is 129 cm³/mol. The van der Waals surface area contributed by atoms with Gasteiger partial charge < -0.3 is 20.4 Å². The van der Waals surface area contributed by atoms with Crippen molar-refractivity contribution in [3.63, 3.8) is 0 Å². The number of aliphatic hydroxyl groups excluding tert-OH is 1. The maximum Gasteiger partial charge on any atom is 0.414 e. The molecule has 0 heterocycles. The highest BCUT2D eigenvalue weighted by atomic mass is 16.4. The monoisotopic (exact) mass is 467 g/mol. The van der Waals surface area contributed by atoms with E-state index in [-0.39, 0.29) is 12.5 Å². The van der Waals surface area contributed by atoms with E-state index in [1.807, 2.05) is 48.5 Å². The van der Waals surface area contributed by atoms with Gasteiger partial charge in [-0.25, -0.2) is 9.59 Å². The smallest absolute Gasteiger partial charge is 0.414 e. The molecule has 0 bridgehead atoms. The molecule has 0 radical (unpaired) electrons. The lowest BCUT2D eigenvalue weighted by Crippen LogP contribution is -2.33. The summed E-state index contributed by atoms with van der Waals surface area (Å²) in [5.41, 5.74) is 1.32. The van der Waals surface area contributed by atoms with Gasteiger partial charge in [0, 0.05) is 19.5 Å². The van der Waals surface area contributed by atoms with Crippen molar-refractivity contribution in [2.45, 2.75) is 44.2 Å². The predicted octanol–water partition coefficient (Wildman–Crippen LogP) is 3.11. The topological polar surface area (TPSA) is 118 Å². The van der Waals surface area contributed by atoms with Crippen LogP contribution in [-0.4, -0.2) is 57.0 Å². The van der Waals surface area contributed by atoms with Crippen LogP contribution >= 0.6 is 0 Å². The molecule has 0 spiro atoms. The van der Waals surface area contributed by atoms with Crippen molar-refractivity contribution in [1.82, 2.24) is 4.90 Å². The van der Waals surface area contributed by atoms with Crippen LogP contribution in [0.4, 0.5) is 0 Å². The second-order valence-electron chi connectivity index (χ2n) is 8.33. The number of carboxylic acid groups (broad SMARTS) is 2. The minimum Gasteiger partial charge on any atom is -0.473 e. The second kappa shape index (κ2) is 14.2. The molecule has 34 heavy (non-hydrogen) atoms. The van der Waals surface area contributed by atoms with Crippen LogP contribution < -0.4 is 0 Å². The van der Waals surface area contributed by atoms with Gasteiger partial charge in [-0.15, -0.1) is 0 Å². The molecule has 3 rings (SSSR count). The first-order valence-electron chi connectivity index (χ1n) is 11.4. The molecule has 0 aliphatic heterocycles. The zero-order valence-corrected chi connectivity index (χ0v) is 19.3. The van der Waals surface area contributed by atoms with E-state index in [1.54, 1.807) is 0 Å². The fourth-order valence-electron chi connectivity index (χ4n) is 4.17.